The third-order valence-corrected chi connectivity index (χ3v) is 3.18. The Morgan fingerprint density at radius 2 is 2.18 bits per heavy atom. The van der Waals surface area contributed by atoms with Gasteiger partial charge in [0.2, 0.25) is 0 Å². The summed E-state index contributed by atoms with van der Waals surface area (Å²) in [6, 6.07) is 4.46. The first-order valence-electron chi connectivity index (χ1n) is 6.13. The maximum Gasteiger partial charge on any atom is 0.122 e. The molecular weight excluding hydrogens is 216 g/mol. The molecule has 0 aliphatic heterocycles. The molecule has 0 aliphatic carbocycles. The van der Waals surface area contributed by atoms with Gasteiger partial charge in [-0.2, -0.15) is 0 Å². The summed E-state index contributed by atoms with van der Waals surface area (Å²) in [6.07, 6.45) is 0.911. The number of rotatable bonds is 7. The zero-order valence-electron chi connectivity index (χ0n) is 11.3. The third-order valence-electron chi connectivity index (χ3n) is 3.18. The first kappa shape index (κ1) is 14.2. The summed E-state index contributed by atoms with van der Waals surface area (Å²) in [5.74, 6) is 1.95. The lowest BCUT2D eigenvalue weighted by molar-refractivity contribution is 0.0838. The lowest BCUT2D eigenvalue weighted by atomic mass is 10.1. The van der Waals surface area contributed by atoms with Crippen molar-refractivity contribution >= 4 is 0 Å². The molecule has 0 fully saturated rings. The molecular formula is C13H24N2O2. The van der Waals surface area contributed by atoms with Crippen LogP contribution in [-0.4, -0.2) is 38.3 Å². The van der Waals surface area contributed by atoms with Gasteiger partial charge in [-0.1, -0.05) is 6.92 Å². The molecule has 0 spiro atoms. The van der Waals surface area contributed by atoms with Crippen LogP contribution in [0.25, 0.3) is 0 Å². The summed E-state index contributed by atoms with van der Waals surface area (Å²) in [7, 11) is 3.76. The number of ether oxygens (including phenoxy) is 1. The van der Waals surface area contributed by atoms with Crippen molar-refractivity contribution in [3.05, 3.63) is 23.7 Å². The molecule has 0 bridgehead atoms. The van der Waals surface area contributed by atoms with Gasteiger partial charge in [0, 0.05) is 26.1 Å². The van der Waals surface area contributed by atoms with E-state index in [0.717, 1.165) is 17.9 Å². The standard InChI is InChI=1S/C13H24N2O2/c1-5-11-6-7-13(17-11)12(8-14)15(3)10(2)9-16-4/h6-7,10,12H,5,8-9,14H2,1-4H3. The molecule has 0 aromatic carbocycles. The van der Waals surface area contributed by atoms with Crippen LogP contribution in [0.3, 0.4) is 0 Å². The largest absolute Gasteiger partial charge is 0.464 e. The van der Waals surface area contributed by atoms with Crippen LogP contribution in [0.15, 0.2) is 16.5 Å². The monoisotopic (exact) mass is 240 g/mol. The third kappa shape index (κ3) is 3.56. The van der Waals surface area contributed by atoms with Gasteiger partial charge in [-0.05, 0) is 26.1 Å². The molecule has 0 saturated heterocycles. The molecule has 1 aromatic heterocycles. The summed E-state index contributed by atoms with van der Waals surface area (Å²) in [6.45, 7) is 5.43. The Morgan fingerprint density at radius 3 is 2.65 bits per heavy atom. The highest BCUT2D eigenvalue weighted by Gasteiger charge is 2.22. The van der Waals surface area contributed by atoms with Crippen molar-refractivity contribution in [1.29, 1.82) is 0 Å². The minimum atomic E-state index is 0.112. The number of methoxy groups -OCH3 is 1. The number of nitrogens with two attached hydrogens (primary N) is 1. The smallest absolute Gasteiger partial charge is 0.122 e. The molecule has 4 nitrogen and oxygen atoms in total. The first-order valence-corrected chi connectivity index (χ1v) is 6.13. The summed E-state index contributed by atoms with van der Waals surface area (Å²) in [5.41, 5.74) is 5.85. The second-order valence-corrected chi connectivity index (χ2v) is 4.38. The van der Waals surface area contributed by atoms with Crippen LogP contribution in [0.4, 0.5) is 0 Å². The fourth-order valence-electron chi connectivity index (χ4n) is 1.91. The topological polar surface area (TPSA) is 51.6 Å². The number of likely N-dealkylation sites (N-methyl/N-ethyl adjacent to an activating group) is 1. The van der Waals surface area contributed by atoms with Crippen molar-refractivity contribution in [2.75, 3.05) is 27.3 Å². The van der Waals surface area contributed by atoms with E-state index >= 15 is 0 Å². The minimum Gasteiger partial charge on any atom is -0.464 e. The maximum absolute atomic E-state index is 5.85. The molecule has 2 N–H and O–H groups in total. The van der Waals surface area contributed by atoms with Crippen molar-refractivity contribution in [3.8, 4) is 0 Å². The van der Waals surface area contributed by atoms with Crippen molar-refractivity contribution in [2.24, 2.45) is 5.73 Å². The van der Waals surface area contributed by atoms with Crippen molar-refractivity contribution in [3.63, 3.8) is 0 Å². The van der Waals surface area contributed by atoms with E-state index in [1.807, 2.05) is 12.1 Å². The Bertz CT molecular complexity index is 325. The van der Waals surface area contributed by atoms with Crippen molar-refractivity contribution < 1.29 is 9.15 Å². The molecule has 0 amide bonds. The predicted molar refractivity (Wildman–Crippen MR) is 69.0 cm³/mol. The molecule has 0 saturated carbocycles. The molecule has 0 aliphatic rings. The fourth-order valence-corrected chi connectivity index (χ4v) is 1.91. The first-order chi connectivity index (χ1) is 8.13. The van der Waals surface area contributed by atoms with E-state index in [1.54, 1.807) is 7.11 Å². The van der Waals surface area contributed by atoms with Gasteiger partial charge in [-0.3, -0.25) is 4.90 Å². The Balaban J connectivity index is 2.76. The predicted octanol–water partition coefficient (Wildman–Crippen LogP) is 1.81. The lowest BCUT2D eigenvalue weighted by Gasteiger charge is -2.30. The van der Waals surface area contributed by atoms with E-state index in [2.05, 4.69) is 25.8 Å². The Kier molecular flexibility index (Phi) is 5.68. The molecule has 17 heavy (non-hydrogen) atoms. The number of furan rings is 1. The highest BCUT2D eigenvalue weighted by molar-refractivity contribution is 5.11. The van der Waals surface area contributed by atoms with Crippen LogP contribution in [0.5, 0.6) is 0 Å². The molecule has 4 heteroatoms. The van der Waals surface area contributed by atoms with Crippen molar-refractivity contribution in [2.45, 2.75) is 32.4 Å². The molecule has 1 aromatic rings. The van der Waals surface area contributed by atoms with E-state index in [0.29, 0.717) is 19.2 Å². The van der Waals surface area contributed by atoms with Gasteiger partial charge >= 0.3 is 0 Å². The molecule has 2 atom stereocenters. The summed E-state index contributed by atoms with van der Waals surface area (Å²) >= 11 is 0. The van der Waals surface area contributed by atoms with E-state index in [-0.39, 0.29) is 6.04 Å². The van der Waals surface area contributed by atoms with Crippen LogP contribution < -0.4 is 5.73 Å². The highest BCUT2D eigenvalue weighted by atomic mass is 16.5. The molecule has 2 unspecified atom stereocenters. The molecule has 1 heterocycles. The Hall–Kier alpha value is -0.840. The summed E-state index contributed by atoms with van der Waals surface area (Å²) in [5, 5.41) is 0. The quantitative estimate of drug-likeness (QED) is 0.789. The maximum atomic E-state index is 5.85. The van der Waals surface area contributed by atoms with Gasteiger partial charge in [-0.15, -0.1) is 0 Å². The lowest BCUT2D eigenvalue weighted by Crippen LogP contribution is -2.39. The SMILES string of the molecule is CCc1ccc(C(CN)N(C)C(C)COC)o1. The normalized spacial score (nSPS) is 15.2. The van der Waals surface area contributed by atoms with Crippen molar-refractivity contribution in [1.82, 2.24) is 4.90 Å². The van der Waals surface area contributed by atoms with Gasteiger partial charge < -0.3 is 14.9 Å². The fraction of sp³-hybridized carbons (Fsp3) is 0.692. The number of nitrogens with zero attached hydrogens (tertiary/aromatic N) is 1. The van der Waals surface area contributed by atoms with Crippen LogP contribution in [0, 0.1) is 0 Å². The van der Waals surface area contributed by atoms with Crippen LogP contribution in [0.1, 0.15) is 31.4 Å². The van der Waals surface area contributed by atoms with Gasteiger partial charge in [0.15, 0.2) is 0 Å². The van der Waals surface area contributed by atoms with E-state index in [9.17, 15) is 0 Å². The summed E-state index contributed by atoms with van der Waals surface area (Å²) < 4.78 is 10.9. The highest BCUT2D eigenvalue weighted by Crippen LogP contribution is 2.23. The van der Waals surface area contributed by atoms with Gasteiger partial charge in [-0.25, -0.2) is 0 Å². The molecule has 1 rings (SSSR count). The summed E-state index contributed by atoms with van der Waals surface area (Å²) in [4.78, 5) is 2.20. The Labute approximate surface area is 104 Å². The zero-order chi connectivity index (χ0) is 12.8. The second-order valence-electron chi connectivity index (χ2n) is 4.38. The van der Waals surface area contributed by atoms with Crippen LogP contribution in [-0.2, 0) is 11.2 Å². The van der Waals surface area contributed by atoms with Gasteiger partial charge in [0.05, 0.1) is 12.6 Å². The van der Waals surface area contributed by atoms with Crippen LogP contribution >= 0.6 is 0 Å². The van der Waals surface area contributed by atoms with Crippen LogP contribution in [0.2, 0.25) is 0 Å². The van der Waals surface area contributed by atoms with Gasteiger partial charge in [0.25, 0.3) is 0 Å². The average molecular weight is 240 g/mol. The van der Waals surface area contributed by atoms with E-state index < -0.39 is 0 Å². The number of hydrogen-bond acceptors (Lipinski definition) is 4. The average Bonchev–Trinajstić information content (AvgIpc) is 2.79. The van der Waals surface area contributed by atoms with Gasteiger partial charge in [0.1, 0.15) is 11.5 Å². The Morgan fingerprint density at radius 1 is 1.47 bits per heavy atom. The molecule has 98 valence electrons. The van der Waals surface area contributed by atoms with E-state index in [4.69, 9.17) is 14.9 Å². The molecule has 0 radical (unpaired) electrons. The zero-order valence-corrected chi connectivity index (χ0v) is 11.3. The number of aryl methyl sites for hydroxylation is 1. The number of hydrogen-bond donors (Lipinski definition) is 1. The second kappa shape index (κ2) is 6.79. The minimum absolute atomic E-state index is 0.112. The van der Waals surface area contributed by atoms with E-state index in [1.165, 1.54) is 0 Å².